The van der Waals surface area contributed by atoms with Crippen LogP contribution in [0.5, 0.6) is 5.75 Å². The van der Waals surface area contributed by atoms with E-state index in [1.807, 2.05) is 47.9 Å². The van der Waals surface area contributed by atoms with Gasteiger partial charge in [-0.1, -0.05) is 28.1 Å². The monoisotopic (exact) mass is 522 g/mol. The quantitative estimate of drug-likeness (QED) is 0.228. The normalized spacial score (nSPS) is 10.9. The summed E-state index contributed by atoms with van der Waals surface area (Å²) >= 11 is 3.56. The molecule has 0 radical (unpaired) electrons. The maximum atomic E-state index is 13.3. The van der Waals surface area contributed by atoms with Crippen molar-refractivity contribution in [3.05, 3.63) is 99.4 Å². The Bertz CT molecular complexity index is 1360. The zero-order chi connectivity index (χ0) is 24.4. The molecule has 0 amide bonds. The smallest absolute Gasteiger partial charge is 0.338 e. The Balaban J connectivity index is 1.79. The van der Waals surface area contributed by atoms with Gasteiger partial charge in [-0.2, -0.15) is 0 Å². The molecule has 174 valence electrons. The molecule has 1 heterocycles. The highest BCUT2D eigenvalue weighted by Gasteiger charge is 2.19. The number of nitrogens with zero attached hydrogens (tertiary/aromatic N) is 1. The number of aromatic nitrogens is 1. The Labute approximate surface area is 206 Å². The Morgan fingerprint density at radius 3 is 2.47 bits per heavy atom. The van der Waals surface area contributed by atoms with Crippen LogP contribution in [-0.2, 0) is 11.3 Å². The van der Waals surface area contributed by atoms with Crippen LogP contribution in [0, 0.1) is 19.7 Å². The Morgan fingerprint density at radius 1 is 1.03 bits per heavy atom. The van der Waals surface area contributed by atoms with Crippen molar-refractivity contribution in [3.8, 4) is 22.7 Å². The van der Waals surface area contributed by atoms with Gasteiger partial charge >= 0.3 is 5.97 Å². The van der Waals surface area contributed by atoms with Crippen LogP contribution in [0.4, 0.5) is 10.1 Å². The van der Waals surface area contributed by atoms with Crippen molar-refractivity contribution in [1.82, 2.24) is 4.57 Å². The second kappa shape index (κ2) is 9.73. The van der Waals surface area contributed by atoms with Crippen molar-refractivity contribution in [3.63, 3.8) is 0 Å². The average molecular weight is 523 g/mol. The molecule has 2 N–H and O–H groups in total. The molecule has 0 saturated heterocycles. The molecule has 4 aromatic rings. The second-order valence-electron chi connectivity index (χ2n) is 7.95. The number of rotatable bonds is 6. The fraction of sp³-hybridized carbons (Fsp3) is 0.148. The van der Waals surface area contributed by atoms with Crippen molar-refractivity contribution in [2.24, 2.45) is 0 Å². The van der Waals surface area contributed by atoms with E-state index in [9.17, 15) is 9.18 Å². The van der Waals surface area contributed by atoms with Gasteiger partial charge < -0.3 is 19.8 Å². The van der Waals surface area contributed by atoms with E-state index in [0.29, 0.717) is 29.2 Å². The zero-order valence-corrected chi connectivity index (χ0v) is 20.6. The number of halogens is 2. The molecule has 1 aromatic heterocycles. The number of esters is 1. The lowest BCUT2D eigenvalue weighted by atomic mass is 10.0. The summed E-state index contributed by atoms with van der Waals surface area (Å²) < 4.78 is 27.3. The first-order valence-corrected chi connectivity index (χ1v) is 11.4. The van der Waals surface area contributed by atoms with Crippen LogP contribution in [0.1, 0.15) is 27.2 Å². The average Bonchev–Trinajstić information content (AvgIpc) is 3.21. The number of ether oxygens (including phenoxy) is 2. The fourth-order valence-electron chi connectivity index (χ4n) is 3.83. The Kier molecular flexibility index (Phi) is 6.75. The predicted octanol–water partition coefficient (Wildman–Crippen LogP) is 6.61. The third-order valence-electron chi connectivity index (χ3n) is 5.70. The summed E-state index contributed by atoms with van der Waals surface area (Å²) in [5.41, 5.74) is 12.1. The molecular weight excluding hydrogens is 499 g/mol. The second-order valence-corrected chi connectivity index (χ2v) is 8.87. The summed E-state index contributed by atoms with van der Waals surface area (Å²) in [4.78, 5) is 12.4. The molecular formula is C27H24BrFN2O3. The number of anilines is 1. The number of carbonyl (C=O) groups is 1. The highest BCUT2D eigenvalue weighted by Crippen LogP contribution is 2.37. The van der Waals surface area contributed by atoms with Gasteiger partial charge in [-0.3, -0.25) is 0 Å². The zero-order valence-electron chi connectivity index (χ0n) is 19.1. The van der Waals surface area contributed by atoms with Crippen molar-refractivity contribution in [2.75, 3.05) is 12.8 Å². The van der Waals surface area contributed by atoms with E-state index < -0.39 is 5.97 Å². The van der Waals surface area contributed by atoms with Crippen LogP contribution in [0.15, 0.2) is 71.2 Å². The summed E-state index contributed by atoms with van der Waals surface area (Å²) in [5, 5.41) is 0. The molecule has 0 atom stereocenters. The van der Waals surface area contributed by atoms with E-state index >= 15 is 0 Å². The molecule has 0 aliphatic carbocycles. The Morgan fingerprint density at radius 2 is 1.76 bits per heavy atom. The molecule has 34 heavy (non-hydrogen) atoms. The minimum absolute atomic E-state index is 0.287. The van der Waals surface area contributed by atoms with Gasteiger partial charge in [-0.25, -0.2) is 9.18 Å². The maximum absolute atomic E-state index is 13.3. The van der Waals surface area contributed by atoms with Gasteiger partial charge in [0.1, 0.15) is 18.2 Å². The summed E-state index contributed by atoms with van der Waals surface area (Å²) in [5.74, 6) is -0.0617. The third-order valence-corrected chi connectivity index (χ3v) is 6.19. The number of methoxy groups -OCH3 is 1. The van der Waals surface area contributed by atoms with Crippen molar-refractivity contribution >= 4 is 27.6 Å². The summed E-state index contributed by atoms with van der Waals surface area (Å²) in [6, 6.07) is 19.6. The molecule has 0 fully saturated rings. The van der Waals surface area contributed by atoms with Crippen molar-refractivity contribution < 1.29 is 18.7 Å². The number of aryl methyl sites for hydroxylation is 1. The van der Waals surface area contributed by atoms with Crippen molar-refractivity contribution in [1.29, 1.82) is 0 Å². The minimum Gasteiger partial charge on any atom is -0.488 e. The molecule has 0 unspecified atom stereocenters. The topological polar surface area (TPSA) is 66.5 Å². The third kappa shape index (κ3) is 4.70. The molecule has 0 aliphatic rings. The lowest BCUT2D eigenvalue weighted by Gasteiger charge is -2.18. The van der Waals surface area contributed by atoms with Gasteiger partial charge in [0.05, 0.1) is 18.4 Å². The highest BCUT2D eigenvalue weighted by molar-refractivity contribution is 9.10. The van der Waals surface area contributed by atoms with Gasteiger partial charge in [0, 0.05) is 27.1 Å². The van der Waals surface area contributed by atoms with Gasteiger partial charge in [0.15, 0.2) is 0 Å². The SMILES string of the molecule is COC(=O)c1cc(-n2c(C)ccc2-c2cc(Br)ccc2OCc2ccc(F)cc2)cc(N)c1C. The number of hydrogen-bond donors (Lipinski definition) is 1. The van der Waals surface area contributed by atoms with E-state index in [2.05, 4.69) is 15.9 Å². The van der Waals surface area contributed by atoms with Crippen LogP contribution in [0.3, 0.4) is 0 Å². The van der Waals surface area contributed by atoms with E-state index in [4.69, 9.17) is 15.2 Å². The van der Waals surface area contributed by atoms with E-state index in [1.165, 1.54) is 19.2 Å². The van der Waals surface area contributed by atoms with Crippen LogP contribution >= 0.6 is 15.9 Å². The number of hydrogen-bond acceptors (Lipinski definition) is 4. The largest absolute Gasteiger partial charge is 0.488 e. The highest BCUT2D eigenvalue weighted by atomic mass is 79.9. The number of nitrogens with two attached hydrogens (primary N) is 1. The molecule has 0 aliphatic heterocycles. The summed E-state index contributed by atoms with van der Waals surface area (Å²) in [6.07, 6.45) is 0. The number of benzene rings is 3. The lowest BCUT2D eigenvalue weighted by Crippen LogP contribution is -2.09. The van der Waals surface area contributed by atoms with Crippen LogP contribution in [-0.4, -0.2) is 17.6 Å². The summed E-state index contributed by atoms with van der Waals surface area (Å²) in [6.45, 7) is 4.07. The first-order valence-electron chi connectivity index (χ1n) is 10.6. The van der Waals surface area contributed by atoms with E-state index in [-0.39, 0.29) is 5.82 Å². The first-order chi connectivity index (χ1) is 16.3. The molecule has 0 spiro atoms. The van der Waals surface area contributed by atoms with Crippen LogP contribution < -0.4 is 10.5 Å². The standard InChI is InChI=1S/C27H24BrFN2O3/c1-16-4-10-25(31(16)21-13-22(27(32)33-3)17(2)24(30)14-21)23-12-19(28)7-11-26(23)34-15-18-5-8-20(29)9-6-18/h4-14H,15,30H2,1-3H3. The number of carbonyl (C=O) groups excluding carboxylic acids is 1. The fourth-order valence-corrected chi connectivity index (χ4v) is 4.19. The first kappa shape index (κ1) is 23.6. The van der Waals surface area contributed by atoms with Gasteiger partial charge in [0.2, 0.25) is 0 Å². The lowest BCUT2D eigenvalue weighted by molar-refractivity contribution is 0.0600. The van der Waals surface area contributed by atoms with Crippen LogP contribution in [0.25, 0.3) is 16.9 Å². The number of nitrogen functional groups attached to an aromatic ring is 1. The molecule has 4 rings (SSSR count). The minimum atomic E-state index is -0.441. The molecule has 3 aromatic carbocycles. The summed E-state index contributed by atoms with van der Waals surface area (Å²) in [7, 11) is 1.35. The molecule has 7 heteroatoms. The Hall–Kier alpha value is -3.58. The van der Waals surface area contributed by atoms with Gasteiger partial charge in [0.25, 0.3) is 0 Å². The molecule has 5 nitrogen and oxygen atoms in total. The van der Waals surface area contributed by atoms with Crippen molar-refractivity contribution in [2.45, 2.75) is 20.5 Å². The van der Waals surface area contributed by atoms with Gasteiger partial charge in [-0.15, -0.1) is 0 Å². The van der Waals surface area contributed by atoms with E-state index in [0.717, 1.165) is 32.7 Å². The van der Waals surface area contributed by atoms with Crippen LogP contribution in [0.2, 0.25) is 0 Å². The maximum Gasteiger partial charge on any atom is 0.338 e. The molecule has 0 bridgehead atoms. The van der Waals surface area contributed by atoms with E-state index in [1.54, 1.807) is 25.1 Å². The molecule has 0 saturated carbocycles. The van der Waals surface area contributed by atoms with Gasteiger partial charge in [-0.05, 0) is 79.6 Å². The predicted molar refractivity (Wildman–Crippen MR) is 135 cm³/mol.